The minimum absolute atomic E-state index is 0.418. The Morgan fingerprint density at radius 2 is 2.05 bits per heavy atom. The molecule has 0 spiro atoms. The van der Waals surface area contributed by atoms with Crippen molar-refractivity contribution in [2.24, 2.45) is 0 Å². The van der Waals surface area contributed by atoms with Crippen LogP contribution >= 0.6 is 11.3 Å². The van der Waals surface area contributed by atoms with E-state index in [2.05, 4.69) is 38.0 Å². The highest BCUT2D eigenvalue weighted by Gasteiger charge is 2.22. The molecule has 1 aliphatic rings. The van der Waals surface area contributed by atoms with Crippen molar-refractivity contribution >= 4 is 16.5 Å². The van der Waals surface area contributed by atoms with Crippen molar-refractivity contribution in [2.45, 2.75) is 71.4 Å². The summed E-state index contributed by atoms with van der Waals surface area (Å²) in [5.41, 5.74) is 1.20. The van der Waals surface area contributed by atoms with E-state index in [1.54, 1.807) is 0 Å². The van der Waals surface area contributed by atoms with Gasteiger partial charge in [-0.3, -0.25) is 0 Å². The summed E-state index contributed by atoms with van der Waals surface area (Å²) in [6, 6.07) is 1.11. The van der Waals surface area contributed by atoms with Crippen LogP contribution in [0.3, 0.4) is 0 Å². The van der Waals surface area contributed by atoms with E-state index in [9.17, 15) is 0 Å². The minimum atomic E-state index is 0.418. The van der Waals surface area contributed by atoms with Gasteiger partial charge in [-0.2, -0.15) is 0 Å². The molecule has 1 aliphatic carbocycles. The fraction of sp³-hybridized carbons (Fsp3) is 0.812. The topological polar surface area (TPSA) is 28.2 Å². The molecule has 114 valence electrons. The van der Waals surface area contributed by atoms with E-state index in [0.717, 1.165) is 6.54 Å². The summed E-state index contributed by atoms with van der Waals surface area (Å²) in [5, 5.41) is 4.78. The molecule has 0 aliphatic heterocycles. The summed E-state index contributed by atoms with van der Waals surface area (Å²) < 4.78 is 0. The van der Waals surface area contributed by atoms with E-state index in [0.29, 0.717) is 12.1 Å². The highest BCUT2D eigenvalue weighted by molar-refractivity contribution is 7.15. The van der Waals surface area contributed by atoms with E-state index in [1.165, 1.54) is 54.2 Å². The highest BCUT2D eigenvalue weighted by Crippen LogP contribution is 2.33. The molecule has 1 atom stereocenters. The molecule has 1 fully saturated rings. The average Bonchev–Trinajstić information content (AvgIpc) is 2.87. The van der Waals surface area contributed by atoms with Crippen molar-refractivity contribution in [1.82, 2.24) is 10.3 Å². The van der Waals surface area contributed by atoms with E-state index < -0.39 is 0 Å². The molecule has 3 nitrogen and oxygen atoms in total. The summed E-state index contributed by atoms with van der Waals surface area (Å²) in [6.07, 6.45) is 7.99. The number of thiazole rings is 1. The molecule has 0 amide bonds. The van der Waals surface area contributed by atoms with E-state index in [-0.39, 0.29) is 0 Å². The molecule has 1 saturated carbocycles. The van der Waals surface area contributed by atoms with Crippen LogP contribution in [0.25, 0.3) is 0 Å². The second-order valence-electron chi connectivity index (χ2n) is 6.02. The molecule has 1 N–H and O–H groups in total. The van der Waals surface area contributed by atoms with Gasteiger partial charge in [0.2, 0.25) is 0 Å². The lowest BCUT2D eigenvalue weighted by Crippen LogP contribution is -2.33. The number of anilines is 1. The SMILES string of the molecule is CCCNC(C)c1sc(N(C)C2CCCCC2)nc1C. The summed E-state index contributed by atoms with van der Waals surface area (Å²) in [4.78, 5) is 8.64. The number of aromatic nitrogens is 1. The molecule has 0 bridgehead atoms. The van der Waals surface area contributed by atoms with Crippen LogP contribution < -0.4 is 10.2 Å². The molecular weight excluding hydrogens is 266 g/mol. The smallest absolute Gasteiger partial charge is 0.185 e. The van der Waals surface area contributed by atoms with Gasteiger partial charge in [0.05, 0.1) is 5.69 Å². The van der Waals surface area contributed by atoms with Gasteiger partial charge < -0.3 is 10.2 Å². The Bertz CT molecular complexity index is 410. The maximum atomic E-state index is 4.82. The van der Waals surface area contributed by atoms with Crippen LogP contribution in [-0.2, 0) is 0 Å². The van der Waals surface area contributed by atoms with Crippen molar-refractivity contribution in [3.05, 3.63) is 10.6 Å². The summed E-state index contributed by atoms with van der Waals surface area (Å²) in [7, 11) is 2.22. The van der Waals surface area contributed by atoms with Crippen LogP contribution in [0.1, 0.15) is 69.0 Å². The van der Waals surface area contributed by atoms with Gasteiger partial charge in [-0.15, -0.1) is 11.3 Å². The monoisotopic (exact) mass is 295 g/mol. The third-order valence-corrected chi connectivity index (χ3v) is 5.77. The van der Waals surface area contributed by atoms with E-state index in [4.69, 9.17) is 4.98 Å². The van der Waals surface area contributed by atoms with Crippen molar-refractivity contribution in [3.63, 3.8) is 0 Å². The Labute approximate surface area is 127 Å². The first-order valence-corrected chi connectivity index (χ1v) is 8.88. The summed E-state index contributed by atoms with van der Waals surface area (Å²) in [6.45, 7) is 7.68. The van der Waals surface area contributed by atoms with Crippen molar-refractivity contribution in [2.75, 3.05) is 18.5 Å². The molecule has 0 radical (unpaired) electrons. The second-order valence-corrected chi connectivity index (χ2v) is 7.03. The van der Waals surface area contributed by atoms with Crippen LogP contribution in [-0.4, -0.2) is 24.6 Å². The number of rotatable bonds is 6. The van der Waals surface area contributed by atoms with Crippen molar-refractivity contribution < 1.29 is 0 Å². The van der Waals surface area contributed by atoms with Gasteiger partial charge in [0, 0.05) is 24.0 Å². The maximum absolute atomic E-state index is 4.82. The van der Waals surface area contributed by atoms with Crippen LogP contribution in [0.4, 0.5) is 5.13 Å². The molecule has 0 saturated heterocycles. The molecular formula is C16H29N3S. The average molecular weight is 295 g/mol. The Balaban J connectivity index is 2.05. The first-order chi connectivity index (χ1) is 9.63. The lowest BCUT2D eigenvalue weighted by atomic mass is 9.95. The number of hydrogen-bond acceptors (Lipinski definition) is 4. The molecule has 4 heteroatoms. The lowest BCUT2D eigenvalue weighted by Gasteiger charge is -2.30. The quantitative estimate of drug-likeness (QED) is 0.849. The Hall–Kier alpha value is -0.610. The minimum Gasteiger partial charge on any atom is -0.348 e. The number of hydrogen-bond donors (Lipinski definition) is 1. The predicted octanol–water partition coefficient (Wildman–Crippen LogP) is 4.28. The maximum Gasteiger partial charge on any atom is 0.185 e. The second kappa shape index (κ2) is 7.41. The molecule has 20 heavy (non-hydrogen) atoms. The Morgan fingerprint density at radius 3 is 2.70 bits per heavy atom. The molecule has 1 unspecified atom stereocenters. The molecule has 1 aromatic heterocycles. The van der Waals surface area contributed by atoms with Gasteiger partial charge in [-0.25, -0.2) is 4.98 Å². The van der Waals surface area contributed by atoms with Gasteiger partial charge in [0.15, 0.2) is 5.13 Å². The van der Waals surface area contributed by atoms with E-state index in [1.807, 2.05) is 11.3 Å². The number of nitrogens with one attached hydrogen (secondary N) is 1. The third-order valence-electron chi connectivity index (χ3n) is 4.34. The van der Waals surface area contributed by atoms with Crippen molar-refractivity contribution in [3.8, 4) is 0 Å². The summed E-state index contributed by atoms with van der Waals surface area (Å²) in [5.74, 6) is 0. The lowest BCUT2D eigenvalue weighted by molar-refractivity contribution is 0.427. The highest BCUT2D eigenvalue weighted by atomic mass is 32.1. The van der Waals surface area contributed by atoms with Gasteiger partial charge in [-0.05, 0) is 39.7 Å². The van der Waals surface area contributed by atoms with Crippen LogP contribution in [0.2, 0.25) is 0 Å². The Kier molecular flexibility index (Phi) is 5.85. The van der Waals surface area contributed by atoms with E-state index >= 15 is 0 Å². The van der Waals surface area contributed by atoms with Crippen LogP contribution in [0.5, 0.6) is 0 Å². The fourth-order valence-electron chi connectivity index (χ4n) is 3.02. The Morgan fingerprint density at radius 1 is 1.35 bits per heavy atom. The fourth-order valence-corrected chi connectivity index (χ4v) is 4.15. The zero-order valence-corrected chi connectivity index (χ0v) is 14.2. The zero-order valence-electron chi connectivity index (χ0n) is 13.4. The van der Waals surface area contributed by atoms with Gasteiger partial charge in [0.1, 0.15) is 0 Å². The number of nitrogens with zero attached hydrogens (tertiary/aromatic N) is 2. The number of aryl methyl sites for hydroxylation is 1. The first kappa shape index (κ1) is 15.8. The zero-order chi connectivity index (χ0) is 14.5. The molecule has 0 aromatic carbocycles. The van der Waals surface area contributed by atoms with Gasteiger partial charge in [0.25, 0.3) is 0 Å². The van der Waals surface area contributed by atoms with Crippen molar-refractivity contribution in [1.29, 1.82) is 0 Å². The largest absolute Gasteiger partial charge is 0.348 e. The first-order valence-electron chi connectivity index (χ1n) is 8.07. The van der Waals surface area contributed by atoms with Gasteiger partial charge >= 0.3 is 0 Å². The molecule has 2 rings (SSSR count). The standard InChI is InChI=1S/C16H29N3S/c1-5-11-17-12(2)15-13(3)18-16(20-15)19(4)14-9-7-6-8-10-14/h12,14,17H,5-11H2,1-4H3. The molecule has 1 aromatic rings. The third kappa shape index (κ3) is 3.73. The predicted molar refractivity (Wildman–Crippen MR) is 88.8 cm³/mol. The van der Waals surface area contributed by atoms with Crippen LogP contribution in [0.15, 0.2) is 0 Å². The molecule has 1 heterocycles. The normalized spacial score (nSPS) is 18.2. The summed E-state index contributed by atoms with van der Waals surface area (Å²) >= 11 is 1.87. The van der Waals surface area contributed by atoms with Crippen LogP contribution in [0, 0.1) is 6.92 Å². The van der Waals surface area contributed by atoms with Gasteiger partial charge in [-0.1, -0.05) is 26.2 Å².